The van der Waals surface area contributed by atoms with Gasteiger partial charge in [0.1, 0.15) is 0 Å². The summed E-state index contributed by atoms with van der Waals surface area (Å²) in [6.45, 7) is 3.30. The number of hydrogen-bond acceptors (Lipinski definition) is 5. The number of aromatic hydroxyl groups is 1. The molecule has 0 saturated carbocycles. The molecule has 1 saturated heterocycles. The molecule has 0 radical (unpaired) electrons. The minimum atomic E-state index is 0.122. The summed E-state index contributed by atoms with van der Waals surface area (Å²) in [7, 11) is 1.55. The predicted octanol–water partition coefficient (Wildman–Crippen LogP) is 0.947. The fourth-order valence-electron chi connectivity index (χ4n) is 2.70. The van der Waals surface area contributed by atoms with Crippen LogP contribution < -0.4 is 10.1 Å². The number of para-hydroxylation sites is 1. The lowest BCUT2D eigenvalue weighted by molar-refractivity contribution is 0.177. The molecule has 1 unspecified atom stereocenters. The van der Waals surface area contributed by atoms with E-state index in [0.29, 0.717) is 24.9 Å². The van der Waals surface area contributed by atoms with Crippen LogP contribution in [0.1, 0.15) is 18.4 Å². The summed E-state index contributed by atoms with van der Waals surface area (Å²) in [5, 5.41) is 22.8. The van der Waals surface area contributed by atoms with E-state index in [2.05, 4.69) is 10.2 Å². The average molecular weight is 280 g/mol. The van der Waals surface area contributed by atoms with Crippen molar-refractivity contribution in [2.24, 2.45) is 0 Å². The van der Waals surface area contributed by atoms with E-state index in [9.17, 15) is 10.2 Å². The number of aliphatic hydroxyl groups excluding tert-OH is 1. The van der Waals surface area contributed by atoms with Crippen LogP contribution in [0.2, 0.25) is 0 Å². The van der Waals surface area contributed by atoms with Gasteiger partial charge in [-0.25, -0.2) is 0 Å². The molecule has 5 heteroatoms. The van der Waals surface area contributed by atoms with Crippen molar-refractivity contribution in [2.45, 2.75) is 25.4 Å². The first-order chi connectivity index (χ1) is 9.74. The zero-order chi connectivity index (χ0) is 14.4. The van der Waals surface area contributed by atoms with Crippen LogP contribution in [-0.2, 0) is 6.54 Å². The van der Waals surface area contributed by atoms with Gasteiger partial charge in [0.05, 0.1) is 13.7 Å². The monoisotopic (exact) mass is 280 g/mol. The van der Waals surface area contributed by atoms with E-state index in [1.54, 1.807) is 13.2 Å². The molecule has 1 fully saturated rings. The Bertz CT molecular complexity index is 420. The Morgan fingerprint density at radius 1 is 1.45 bits per heavy atom. The van der Waals surface area contributed by atoms with Crippen LogP contribution >= 0.6 is 0 Å². The van der Waals surface area contributed by atoms with Crippen molar-refractivity contribution in [3.05, 3.63) is 23.8 Å². The smallest absolute Gasteiger partial charge is 0.162 e. The van der Waals surface area contributed by atoms with Crippen molar-refractivity contribution in [3.63, 3.8) is 0 Å². The number of nitrogens with one attached hydrogen (secondary N) is 1. The molecule has 1 heterocycles. The van der Waals surface area contributed by atoms with Gasteiger partial charge < -0.3 is 20.3 Å². The zero-order valence-electron chi connectivity index (χ0n) is 12.0. The van der Waals surface area contributed by atoms with Crippen LogP contribution in [0.15, 0.2) is 18.2 Å². The highest BCUT2D eigenvalue weighted by atomic mass is 16.5. The molecule has 1 aliphatic heterocycles. The van der Waals surface area contributed by atoms with E-state index in [1.807, 2.05) is 12.1 Å². The first-order valence-electron chi connectivity index (χ1n) is 7.16. The Balaban J connectivity index is 2.03. The molecule has 5 nitrogen and oxygen atoms in total. The Morgan fingerprint density at radius 3 is 2.95 bits per heavy atom. The maximum atomic E-state index is 10.1. The van der Waals surface area contributed by atoms with Gasteiger partial charge in [-0.15, -0.1) is 0 Å². The summed E-state index contributed by atoms with van der Waals surface area (Å²) in [5.74, 6) is 0.683. The number of ether oxygens (including phenoxy) is 1. The van der Waals surface area contributed by atoms with E-state index in [0.717, 1.165) is 18.7 Å². The van der Waals surface area contributed by atoms with Gasteiger partial charge in [-0.05, 0) is 25.5 Å². The maximum absolute atomic E-state index is 10.1. The number of nitrogens with zero attached hydrogens (tertiary/aromatic N) is 1. The van der Waals surface area contributed by atoms with E-state index in [-0.39, 0.29) is 12.4 Å². The molecule has 0 aliphatic carbocycles. The van der Waals surface area contributed by atoms with E-state index >= 15 is 0 Å². The van der Waals surface area contributed by atoms with Gasteiger partial charge in [-0.1, -0.05) is 12.1 Å². The van der Waals surface area contributed by atoms with E-state index in [4.69, 9.17) is 4.74 Å². The minimum absolute atomic E-state index is 0.122. The first kappa shape index (κ1) is 15.1. The Kier molecular flexibility index (Phi) is 5.64. The van der Waals surface area contributed by atoms with Crippen molar-refractivity contribution >= 4 is 0 Å². The summed E-state index contributed by atoms with van der Waals surface area (Å²) in [4.78, 5) is 2.16. The third-order valence-electron chi connectivity index (χ3n) is 3.75. The molecule has 3 N–H and O–H groups in total. The SMILES string of the molecule is COc1cccc(CN(CCO)CC2CCCN2)c1O. The third kappa shape index (κ3) is 3.85. The van der Waals surface area contributed by atoms with Gasteiger partial charge in [0.2, 0.25) is 0 Å². The molecule has 2 rings (SSSR count). The molecule has 0 spiro atoms. The fraction of sp³-hybridized carbons (Fsp3) is 0.600. The molecule has 20 heavy (non-hydrogen) atoms. The maximum Gasteiger partial charge on any atom is 0.162 e. The second-order valence-electron chi connectivity index (χ2n) is 5.22. The molecule has 1 aromatic rings. The van der Waals surface area contributed by atoms with Gasteiger partial charge in [0, 0.05) is 31.2 Å². The molecule has 112 valence electrons. The van der Waals surface area contributed by atoms with Crippen LogP contribution in [0.4, 0.5) is 0 Å². The Hall–Kier alpha value is -1.30. The summed E-state index contributed by atoms with van der Waals surface area (Å²) in [5.41, 5.74) is 0.829. The lowest BCUT2D eigenvalue weighted by Gasteiger charge is -2.25. The molecule has 0 amide bonds. The predicted molar refractivity (Wildman–Crippen MR) is 78.0 cm³/mol. The molecule has 0 aromatic heterocycles. The highest BCUT2D eigenvalue weighted by molar-refractivity contribution is 5.45. The topological polar surface area (TPSA) is 65.0 Å². The van der Waals surface area contributed by atoms with E-state index in [1.165, 1.54) is 12.8 Å². The largest absolute Gasteiger partial charge is 0.504 e. The number of methoxy groups -OCH3 is 1. The van der Waals surface area contributed by atoms with Crippen molar-refractivity contribution in [3.8, 4) is 11.5 Å². The first-order valence-corrected chi connectivity index (χ1v) is 7.16. The van der Waals surface area contributed by atoms with Crippen molar-refractivity contribution in [1.82, 2.24) is 10.2 Å². The second kappa shape index (κ2) is 7.47. The summed E-state index contributed by atoms with van der Waals surface area (Å²) in [6.07, 6.45) is 2.38. The van der Waals surface area contributed by atoms with Crippen molar-refractivity contribution < 1.29 is 14.9 Å². The standard InChI is InChI=1S/C15H24N2O3/c1-20-14-6-2-4-12(15(14)19)10-17(8-9-18)11-13-5-3-7-16-13/h2,4,6,13,16,18-19H,3,5,7-11H2,1H3. The highest BCUT2D eigenvalue weighted by Crippen LogP contribution is 2.30. The zero-order valence-corrected chi connectivity index (χ0v) is 12.0. The number of benzene rings is 1. The van der Waals surface area contributed by atoms with Crippen LogP contribution in [0.25, 0.3) is 0 Å². The van der Waals surface area contributed by atoms with Gasteiger partial charge in [0.15, 0.2) is 11.5 Å². The summed E-state index contributed by atoms with van der Waals surface area (Å²) < 4.78 is 5.13. The molecule has 1 atom stereocenters. The van der Waals surface area contributed by atoms with Crippen molar-refractivity contribution in [1.29, 1.82) is 0 Å². The molecule has 0 bridgehead atoms. The van der Waals surface area contributed by atoms with Gasteiger partial charge in [0.25, 0.3) is 0 Å². The number of phenols is 1. The number of aliphatic hydroxyl groups is 1. The summed E-state index contributed by atoms with van der Waals surface area (Å²) >= 11 is 0. The van der Waals surface area contributed by atoms with Crippen LogP contribution in [-0.4, -0.2) is 54.5 Å². The number of phenolic OH excluding ortho intramolecular Hbond substituents is 1. The quantitative estimate of drug-likeness (QED) is 0.694. The van der Waals surface area contributed by atoms with Gasteiger partial charge in [-0.3, -0.25) is 4.90 Å². The minimum Gasteiger partial charge on any atom is -0.504 e. The Morgan fingerprint density at radius 2 is 2.30 bits per heavy atom. The molecular formula is C15H24N2O3. The third-order valence-corrected chi connectivity index (χ3v) is 3.75. The lowest BCUT2D eigenvalue weighted by Crippen LogP contribution is -2.38. The fourth-order valence-corrected chi connectivity index (χ4v) is 2.70. The number of rotatable bonds is 7. The van der Waals surface area contributed by atoms with Gasteiger partial charge in [-0.2, -0.15) is 0 Å². The number of hydrogen-bond donors (Lipinski definition) is 3. The Labute approximate surface area is 120 Å². The normalized spacial score (nSPS) is 18.6. The highest BCUT2D eigenvalue weighted by Gasteiger charge is 2.19. The second-order valence-corrected chi connectivity index (χ2v) is 5.22. The molecule has 1 aliphatic rings. The van der Waals surface area contributed by atoms with Crippen LogP contribution in [0.3, 0.4) is 0 Å². The molecular weight excluding hydrogens is 256 g/mol. The average Bonchev–Trinajstić information content (AvgIpc) is 2.94. The van der Waals surface area contributed by atoms with Crippen LogP contribution in [0, 0.1) is 0 Å². The van der Waals surface area contributed by atoms with E-state index < -0.39 is 0 Å². The summed E-state index contributed by atoms with van der Waals surface area (Å²) in [6, 6.07) is 5.99. The van der Waals surface area contributed by atoms with Crippen molar-refractivity contribution in [2.75, 3.05) is 33.4 Å². The lowest BCUT2D eigenvalue weighted by atomic mass is 10.1. The molecule has 1 aromatic carbocycles. The van der Waals surface area contributed by atoms with Crippen LogP contribution in [0.5, 0.6) is 11.5 Å². The van der Waals surface area contributed by atoms with Gasteiger partial charge >= 0.3 is 0 Å².